The van der Waals surface area contributed by atoms with Crippen LogP contribution in [0.5, 0.6) is 0 Å². The molecule has 2 heterocycles. The summed E-state index contributed by atoms with van der Waals surface area (Å²) in [6.07, 6.45) is -4.51. The number of nitrogens with zero attached hydrogens (tertiary/aromatic N) is 3. The molecule has 0 amide bonds. The summed E-state index contributed by atoms with van der Waals surface area (Å²) >= 11 is 0. The second-order valence-electron chi connectivity index (χ2n) is 9.15. The first-order valence-electron chi connectivity index (χ1n) is 12.1. The Kier molecular flexibility index (Phi) is 4.91. The summed E-state index contributed by atoms with van der Waals surface area (Å²) in [5.41, 5.74) is 3.99. The molecule has 0 aliphatic carbocycles. The van der Waals surface area contributed by atoms with Gasteiger partial charge in [-0.3, -0.25) is 0 Å². The average molecular weight is 502 g/mol. The van der Waals surface area contributed by atoms with Crippen LogP contribution in [0.1, 0.15) is 5.56 Å². The van der Waals surface area contributed by atoms with Crippen molar-refractivity contribution in [3.8, 4) is 33.9 Å². The van der Waals surface area contributed by atoms with Crippen molar-refractivity contribution in [2.24, 2.45) is 0 Å². The number of halogens is 3. The topological polar surface area (TPSA) is 38.7 Å². The quantitative estimate of drug-likeness (QED) is 0.227. The van der Waals surface area contributed by atoms with Crippen LogP contribution in [0, 0.1) is 0 Å². The van der Waals surface area contributed by atoms with Crippen LogP contribution in [0.2, 0.25) is 0 Å². The molecule has 7 rings (SSSR count). The van der Waals surface area contributed by atoms with E-state index in [4.69, 9.17) is 4.98 Å². The zero-order valence-electron chi connectivity index (χ0n) is 19.9. The maximum Gasteiger partial charge on any atom is 0.417 e. The second-order valence-corrected chi connectivity index (χ2v) is 9.15. The third-order valence-electron chi connectivity index (χ3n) is 6.87. The molecule has 0 bridgehead atoms. The third kappa shape index (κ3) is 3.49. The van der Waals surface area contributed by atoms with Gasteiger partial charge in [0.15, 0.2) is 5.82 Å². The lowest BCUT2D eigenvalue weighted by Crippen LogP contribution is -2.08. The van der Waals surface area contributed by atoms with E-state index in [9.17, 15) is 13.2 Å². The Labute approximate surface area is 215 Å². The van der Waals surface area contributed by atoms with Gasteiger partial charge in [-0.2, -0.15) is 13.2 Å². The van der Waals surface area contributed by atoms with Gasteiger partial charge in [0, 0.05) is 38.2 Å². The number of rotatable bonds is 3. The number of aromatic nitrogens is 3. The maximum absolute atomic E-state index is 13.8. The van der Waals surface area contributed by atoms with Crippen molar-refractivity contribution in [2.75, 3.05) is 0 Å². The first-order valence-corrected chi connectivity index (χ1v) is 12.1. The molecule has 0 N–H and O–H groups in total. The van der Waals surface area contributed by atoms with Crippen LogP contribution in [0.15, 0.2) is 109 Å². The summed E-state index contributed by atoms with van der Waals surface area (Å²) in [4.78, 5) is 14.4. The van der Waals surface area contributed by atoms with Gasteiger partial charge in [-0.15, -0.1) is 0 Å². The molecule has 38 heavy (non-hydrogen) atoms. The van der Waals surface area contributed by atoms with E-state index in [1.54, 1.807) is 6.07 Å². The summed E-state index contributed by atoms with van der Waals surface area (Å²) in [7, 11) is 0. The van der Waals surface area contributed by atoms with E-state index in [1.165, 1.54) is 12.1 Å². The molecular weight excluding hydrogens is 483 g/mol. The monoisotopic (exact) mass is 501 g/mol. The highest BCUT2D eigenvalue weighted by Gasteiger charge is 2.34. The SMILES string of the molecule is FC(F)(F)c1ccccc1-c1nc2ccc3c(-c4ccccc4)nc(-c4ccccc4)c4ccc(n1)c2c34. The van der Waals surface area contributed by atoms with Gasteiger partial charge in [0.05, 0.1) is 28.0 Å². The second kappa shape index (κ2) is 8.35. The van der Waals surface area contributed by atoms with Gasteiger partial charge in [0.2, 0.25) is 0 Å². The molecule has 7 aromatic rings. The highest BCUT2D eigenvalue weighted by Crippen LogP contribution is 2.42. The third-order valence-corrected chi connectivity index (χ3v) is 6.87. The Hall–Kier alpha value is -4.84. The Morgan fingerprint density at radius 2 is 0.974 bits per heavy atom. The van der Waals surface area contributed by atoms with Gasteiger partial charge < -0.3 is 0 Å². The number of alkyl halides is 3. The van der Waals surface area contributed by atoms with Crippen molar-refractivity contribution in [2.45, 2.75) is 6.18 Å². The molecule has 0 saturated carbocycles. The summed E-state index contributed by atoms with van der Waals surface area (Å²) in [5, 5.41) is 3.64. The van der Waals surface area contributed by atoms with E-state index in [0.29, 0.717) is 11.0 Å². The van der Waals surface area contributed by atoms with Crippen LogP contribution in [0.3, 0.4) is 0 Å². The van der Waals surface area contributed by atoms with Crippen molar-refractivity contribution < 1.29 is 13.2 Å². The van der Waals surface area contributed by atoms with Crippen molar-refractivity contribution in [3.63, 3.8) is 0 Å². The van der Waals surface area contributed by atoms with Crippen LogP contribution in [-0.4, -0.2) is 15.0 Å². The molecule has 0 saturated heterocycles. The Morgan fingerprint density at radius 1 is 0.474 bits per heavy atom. The summed E-state index contributed by atoms with van der Waals surface area (Å²) in [6, 6.07) is 33.0. The van der Waals surface area contributed by atoms with Crippen LogP contribution in [0.25, 0.3) is 66.5 Å². The average Bonchev–Trinajstić information content (AvgIpc) is 2.96. The van der Waals surface area contributed by atoms with Crippen LogP contribution in [0.4, 0.5) is 13.2 Å². The lowest BCUT2D eigenvalue weighted by molar-refractivity contribution is -0.137. The zero-order chi connectivity index (χ0) is 25.9. The number of pyridine rings is 1. The minimum absolute atomic E-state index is 0.0397. The predicted octanol–water partition coefficient (Wildman–Crippen LogP) is 8.79. The first kappa shape index (κ1) is 22.4. The number of hydrogen-bond donors (Lipinski definition) is 0. The standard InChI is InChI=1S/C32H18F3N3/c33-32(34,35)24-14-8-7-13-21(24)31-36-25-17-15-22-27-23(16-18-26(37-31)28(25)27)30(20-11-5-2-6-12-20)38-29(22)19-9-3-1-4-10-19/h1-18H. The summed E-state index contributed by atoms with van der Waals surface area (Å²) in [5.74, 6) is 0.0495. The van der Waals surface area contributed by atoms with E-state index in [-0.39, 0.29) is 11.4 Å². The molecule has 182 valence electrons. The smallest absolute Gasteiger partial charge is 0.246 e. The Morgan fingerprint density at radius 3 is 1.50 bits per heavy atom. The highest BCUT2D eigenvalue weighted by molar-refractivity contribution is 6.26. The number of benzene rings is 5. The largest absolute Gasteiger partial charge is 0.417 e. The van der Waals surface area contributed by atoms with Crippen molar-refractivity contribution in [1.82, 2.24) is 15.0 Å². The summed E-state index contributed by atoms with van der Waals surface area (Å²) in [6.45, 7) is 0. The highest BCUT2D eigenvalue weighted by atomic mass is 19.4. The molecule has 0 aliphatic heterocycles. The van der Waals surface area contributed by atoms with Crippen LogP contribution in [-0.2, 0) is 6.18 Å². The fourth-order valence-electron chi connectivity index (χ4n) is 5.20. The van der Waals surface area contributed by atoms with E-state index in [1.807, 2.05) is 84.9 Å². The lowest BCUT2D eigenvalue weighted by Gasteiger charge is -2.17. The fraction of sp³-hybridized carbons (Fsp3) is 0.0312. The van der Waals surface area contributed by atoms with E-state index < -0.39 is 11.7 Å². The fourth-order valence-corrected chi connectivity index (χ4v) is 5.20. The van der Waals surface area contributed by atoms with Crippen LogP contribution >= 0.6 is 0 Å². The minimum Gasteiger partial charge on any atom is -0.246 e. The van der Waals surface area contributed by atoms with Crippen molar-refractivity contribution in [3.05, 3.63) is 115 Å². The molecule has 6 heteroatoms. The van der Waals surface area contributed by atoms with Gasteiger partial charge in [-0.25, -0.2) is 15.0 Å². The Bertz CT molecular complexity index is 1840. The molecule has 0 radical (unpaired) electrons. The van der Waals surface area contributed by atoms with E-state index in [2.05, 4.69) is 9.97 Å². The molecule has 0 fully saturated rings. The minimum atomic E-state index is -4.51. The number of hydrogen-bond acceptors (Lipinski definition) is 3. The van der Waals surface area contributed by atoms with E-state index in [0.717, 1.165) is 50.1 Å². The van der Waals surface area contributed by atoms with Gasteiger partial charge >= 0.3 is 6.18 Å². The lowest BCUT2D eigenvalue weighted by atomic mass is 9.93. The van der Waals surface area contributed by atoms with Gasteiger partial charge in [-0.05, 0) is 30.3 Å². The maximum atomic E-state index is 13.8. The van der Waals surface area contributed by atoms with Gasteiger partial charge in [0.25, 0.3) is 0 Å². The van der Waals surface area contributed by atoms with Crippen LogP contribution < -0.4 is 0 Å². The molecule has 0 atom stereocenters. The first-order chi connectivity index (χ1) is 18.5. The zero-order valence-corrected chi connectivity index (χ0v) is 19.9. The normalized spacial score (nSPS) is 12.1. The molecule has 0 aliphatic rings. The molecule has 0 unspecified atom stereocenters. The Balaban J connectivity index is 1.58. The molecular formula is C32H18F3N3. The molecule has 0 spiro atoms. The van der Waals surface area contributed by atoms with Crippen molar-refractivity contribution >= 4 is 32.6 Å². The van der Waals surface area contributed by atoms with Gasteiger partial charge in [-0.1, -0.05) is 78.9 Å². The predicted molar refractivity (Wildman–Crippen MR) is 145 cm³/mol. The van der Waals surface area contributed by atoms with Gasteiger partial charge in [0.1, 0.15) is 0 Å². The van der Waals surface area contributed by atoms with Crippen molar-refractivity contribution in [1.29, 1.82) is 0 Å². The van der Waals surface area contributed by atoms with E-state index >= 15 is 0 Å². The summed E-state index contributed by atoms with van der Waals surface area (Å²) < 4.78 is 41.3. The molecule has 2 aromatic heterocycles. The molecule has 5 aromatic carbocycles. The molecule has 3 nitrogen and oxygen atoms in total.